The molecule has 0 spiro atoms. The normalized spacial score (nSPS) is 9.88. The van der Waals surface area contributed by atoms with Crippen LogP contribution < -0.4 is 9.47 Å². The molecule has 6 heteroatoms. The molecule has 0 aliphatic rings. The molecular formula is C11H12N4O2. The molecule has 0 N–H and O–H groups in total. The second kappa shape index (κ2) is 6.37. The van der Waals surface area contributed by atoms with Crippen LogP contribution in [0, 0.1) is 0 Å². The van der Waals surface area contributed by atoms with Crippen LogP contribution in [0.2, 0.25) is 0 Å². The molecule has 2 aromatic rings. The van der Waals surface area contributed by atoms with Gasteiger partial charge >= 0.3 is 0 Å². The summed E-state index contributed by atoms with van der Waals surface area (Å²) in [5, 5.41) is 0. The van der Waals surface area contributed by atoms with Gasteiger partial charge in [-0.25, -0.2) is 9.97 Å². The second-order valence-corrected chi connectivity index (χ2v) is 3.14. The lowest BCUT2D eigenvalue weighted by atomic mass is 10.5. The quantitative estimate of drug-likeness (QED) is 0.695. The topological polar surface area (TPSA) is 70.0 Å². The van der Waals surface area contributed by atoms with Crippen LogP contribution in [0.4, 0.5) is 0 Å². The van der Waals surface area contributed by atoms with Gasteiger partial charge in [-0.1, -0.05) is 0 Å². The minimum atomic E-state index is 0.520. The highest BCUT2D eigenvalue weighted by atomic mass is 16.5. The molecule has 0 aromatic carbocycles. The molecule has 88 valence electrons. The molecule has 0 atom stereocenters. The molecule has 6 nitrogen and oxygen atoms in total. The van der Waals surface area contributed by atoms with Crippen molar-refractivity contribution < 1.29 is 9.47 Å². The molecule has 2 rings (SSSR count). The van der Waals surface area contributed by atoms with E-state index in [1.165, 1.54) is 0 Å². The Hall–Kier alpha value is -2.24. The van der Waals surface area contributed by atoms with E-state index in [2.05, 4.69) is 19.9 Å². The van der Waals surface area contributed by atoms with E-state index in [0.717, 1.165) is 6.42 Å². The molecule has 0 bridgehead atoms. The molecule has 0 amide bonds. The summed E-state index contributed by atoms with van der Waals surface area (Å²) >= 11 is 0. The van der Waals surface area contributed by atoms with E-state index < -0.39 is 0 Å². The molecule has 0 saturated heterocycles. The first-order chi connectivity index (χ1) is 8.45. The minimum Gasteiger partial charge on any atom is -0.476 e. The fourth-order valence-electron chi connectivity index (χ4n) is 1.13. The van der Waals surface area contributed by atoms with Crippen molar-refractivity contribution in [2.24, 2.45) is 0 Å². The average molecular weight is 232 g/mol. The third kappa shape index (κ3) is 4.02. The lowest BCUT2D eigenvalue weighted by molar-refractivity contribution is 0.236. The highest BCUT2D eigenvalue weighted by Crippen LogP contribution is 2.03. The SMILES string of the molecule is c1cnc(OCCCOc2cnccn2)cn1. The summed E-state index contributed by atoms with van der Waals surface area (Å²) in [4.78, 5) is 15.8. The van der Waals surface area contributed by atoms with E-state index in [0.29, 0.717) is 25.0 Å². The number of nitrogens with zero attached hydrogens (tertiary/aromatic N) is 4. The molecule has 0 aliphatic heterocycles. The largest absolute Gasteiger partial charge is 0.476 e. The fourth-order valence-corrected chi connectivity index (χ4v) is 1.13. The Labute approximate surface area is 98.7 Å². The Balaban J connectivity index is 1.61. The van der Waals surface area contributed by atoms with Gasteiger partial charge in [0.05, 0.1) is 25.6 Å². The highest BCUT2D eigenvalue weighted by molar-refractivity contribution is 5.01. The molecule has 0 fully saturated rings. The molecule has 17 heavy (non-hydrogen) atoms. The molecular weight excluding hydrogens is 220 g/mol. The molecule has 0 radical (unpaired) electrons. The predicted molar refractivity (Wildman–Crippen MR) is 59.7 cm³/mol. The zero-order valence-electron chi connectivity index (χ0n) is 9.19. The summed E-state index contributed by atoms with van der Waals surface area (Å²) < 4.78 is 10.7. The predicted octanol–water partition coefficient (Wildman–Crippen LogP) is 1.11. The van der Waals surface area contributed by atoms with Crippen molar-refractivity contribution in [3.63, 3.8) is 0 Å². The number of hydrogen-bond acceptors (Lipinski definition) is 6. The Morgan fingerprint density at radius 2 is 1.29 bits per heavy atom. The van der Waals surface area contributed by atoms with E-state index >= 15 is 0 Å². The Kier molecular flexibility index (Phi) is 4.21. The van der Waals surface area contributed by atoms with Gasteiger partial charge in [-0.15, -0.1) is 0 Å². The Bertz CT molecular complexity index is 383. The van der Waals surface area contributed by atoms with Crippen LogP contribution in [0.25, 0.3) is 0 Å². The molecule has 2 aromatic heterocycles. The fraction of sp³-hybridized carbons (Fsp3) is 0.273. The van der Waals surface area contributed by atoms with Crippen LogP contribution in [0.1, 0.15) is 6.42 Å². The maximum Gasteiger partial charge on any atom is 0.232 e. The summed E-state index contributed by atoms with van der Waals surface area (Å²) in [5.74, 6) is 1.04. The summed E-state index contributed by atoms with van der Waals surface area (Å²) in [6.07, 6.45) is 10.3. The van der Waals surface area contributed by atoms with Crippen LogP contribution in [-0.4, -0.2) is 33.1 Å². The summed E-state index contributed by atoms with van der Waals surface area (Å²) in [5.41, 5.74) is 0. The number of rotatable bonds is 6. The van der Waals surface area contributed by atoms with Crippen molar-refractivity contribution in [1.29, 1.82) is 0 Å². The Morgan fingerprint density at radius 3 is 1.71 bits per heavy atom. The van der Waals surface area contributed by atoms with Crippen molar-refractivity contribution in [2.75, 3.05) is 13.2 Å². The molecule has 2 heterocycles. The standard InChI is InChI=1S/C11H12N4O2/c1(6-16-10-8-12-2-4-14-10)7-17-11-9-13-3-5-15-11/h2-5,8-9H,1,6-7H2. The van der Waals surface area contributed by atoms with Crippen LogP contribution >= 0.6 is 0 Å². The molecule has 0 saturated carbocycles. The van der Waals surface area contributed by atoms with Crippen molar-refractivity contribution in [2.45, 2.75) is 6.42 Å². The van der Waals surface area contributed by atoms with E-state index in [4.69, 9.17) is 9.47 Å². The van der Waals surface area contributed by atoms with Gasteiger partial charge in [0.1, 0.15) is 0 Å². The van der Waals surface area contributed by atoms with Crippen molar-refractivity contribution in [3.8, 4) is 11.8 Å². The third-order valence-corrected chi connectivity index (χ3v) is 1.87. The van der Waals surface area contributed by atoms with E-state index in [-0.39, 0.29) is 0 Å². The van der Waals surface area contributed by atoms with Crippen molar-refractivity contribution in [1.82, 2.24) is 19.9 Å². The zero-order chi connectivity index (χ0) is 11.8. The van der Waals surface area contributed by atoms with E-state index in [1.54, 1.807) is 37.2 Å². The van der Waals surface area contributed by atoms with Gasteiger partial charge in [0, 0.05) is 31.2 Å². The van der Waals surface area contributed by atoms with Gasteiger partial charge < -0.3 is 9.47 Å². The van der Waals surface area contributed by atoms with Gasteiger partial charge in [-0.05, 0) is 0 Å². The van der Waals surface area contributed by atoms with Crippen LogP contribution in [0.15, 0.2) is 37.2 Å². The number of aromatic nitrogens is 4. The number of hydrogen-bond donors (Lipinski definition) is 0. The van der Waals surface area contributed by atoms with E-state index in [1.807, 2.05) is 0 Å². The van der Waals surface area contributed by atoms with Crippen LogP contribution in [0.3, 0.4) is 0 Å². The van der Waals surface area contributed by atoms with Crippen molar-refractivity contribution >= 4 is 0 Å². The van der Waals surface area contributed by atoms with Gasteiger partial charge in [0.15, 0.2) is 0 Å². The maximum absolute atomic E-state index is 5.35. The van der Waals surface area contributed by atoms with Gasteiger partial charge in [0.2, 0.25) is 11.8 Å². The third-order valence-electron chi connectivity index (χ3n) is 1.87. The lowest BCUT2D eigenvalue weighted by Gasteiger charge is -2.05. The first kappa shape index (κ1) is 11.3. The van der Waals surface area contributed by atoms with Crippen LogP contribution in [0.5, 0.6) is 11.8 Å². The average Bonchev–Trinajstić information content (AvgIpc) is 2.41. The van der Waals surface area contributed by atoms with E-state index in [9.17, 15) is 0 Å². The first-order valence-corrected chi connectivity index (χ1v) is 5.23. The Morgan fingerprint density at radius 1 is 0.765 bits per heavy atom. The smallest absolute Gasteiger partial charge is 0.232 e. The monoisotopic (exact) mass is 232 g/mol. The van der Waals surface area contributed by atoms with Gasteiger partial charge in [0.25, 0.3) is 0 Å². The molecule has 0 aliphatic carbocycles. The van der Waals surface area contributed by atoms with Gasteiger partial charge in [-0.2, -0.15) is 0 Å². The highest BCUT2D eigenvalue weighted by Gasteiger charge is 1.96. The summed E-state index contributed by atoms with van der Waals surface area (Å²) in [7, 11) is 0. The van der Waals surface area contributed by atoms with Gasteiger partial charge in [-0.3, -0.25) is 9.97 Å². The number of ether oxygens (including phenoxy) is 2. The van der Waals surface area contributed by atoms with Crippen molar-refractivity contribution in [3.05, 3.63) is 37.2 Å². The van der Waals surface area contributed by atoms with Crippen LogP contribution in [-0.2, 0) is 0 Å². The zero-order valence-corrected chi connectivity index (χ0v) is 9.19. The molecule has 0 unspecified atom stereocenters. The second-order valence-electron chi connectivity index (χ2n) is 3.14. The minimum absolute atomic E-state index is 0.520. The summed E-state index contributed by atoms with van der Waals surface area (Å²) in [6.45, 7) is 1.05. The summed E-state index contributed by atoms with van der Waals surface area (Å²) in [6, 6.07) is 0. The lowest BCUT2D eigenvalue weighted by Crippen LogP contribution is -2.06. The maximum atomic E-state index is 5.35. The first-order valence-electron chi connectivity index (χ1n) is 5.23.